The Hall–Kier alpha value is -1.47. The molecule has 0 spiro atoms. The SMILES string of the molecule is CC(C)(C)CC(O)CNC(=O)c1cn(CCN)nn1. The number of aliphatic hydroxyl groups is 1. The van der Waals surface area contributed by atoms with Gasteiger partial charge in [0.2, 0.25) is 0 Å². The van der Waals surface area contributed by atoms with E-state index < -0.39 is 6.10 Å². The zero-order valence-corrected chi connectivity index (χ0v) is 11.8. The third-order valence-corrected chi connectivity index (χ3v) is 2.48. The number of hydrogen-bond acceptors (Lipinski definition) is 5. The van der Waals surface area contributed by atoms with Gasteiger partial charge in [-0.3, -0.25) is 9.48 Å². The van der Waals surface area contributed by atoms with Gasteiger partial charge in [0, 0.05) is 13.1 Å². The smallest absolute Gasteiger partial charge is 0.273 e. The Morgan fingerprint density at radius 2 is 2.26 bits per heavy atom. The summed E-state index contributed by atoms with van der Waals surface area (Å²) in [7, 11) is 0. The fourth-order valence-corrected chi connectivity index (χ4v) is 1.72. The summed E-state index contributed by atoms with van der Waals surface area (Å²) in [6.45, 7) is 7.28. The highest BCUT2D eigenvalue weighted by molar-refractivity contribution is 5.91. The van der Waals surface area contributed by atoms with E-state index in [9.17, 15) is 9.90 Å². The fraction of sp³-hybridized carbons (Fsp3) is 0.750. The largest absolute Gasteiger partial charge is 0.391 e. The molecule has 0 aliphatic rings. The van der Waals surface area contributed by atoms with E-state index >= 15 is 0 Å². The fourth-order valence-electron chi connectivity index (χ4n) is 1.72. The number of carbonyl (C=O) groups is 1. The molecule has 1 rings (SSSR count). The molecule has 1 aromatic rings. The minimum atomic E-state index is -0.567. The second-order valence-electron chi connectivity index (χ2n) is 5.78. The molecule has 0 fully saturated rings. The van der Waals surface area contributed by atoms with Crippen molar-refractivity contribution in [2.45, 2.75) is 39.8 Å². The number of amides is 1. The van der Waals surface area contributed by atoms with E-state index in [1.807, 2.05) is 20.8 Å². The van der Waals surface area contributed by atoms with Crippen LogP contribution in [0.3, 0.4) is 0 Å². The van der Waals surface area contributed by atoms with E-state index in [1.54, 1.807) is 6.20 Å². The van der Waals surface area contributed by atoms with E-state index in [0.717, 1.165) is 0 Å². The number of nitrogens with one attached hydrogen (secondary N) is 1. The summed E-state index contributed by atoms with van der Waals surface area (Å²) in [5, 5.41) is 20.0. The van der Waals surface area contributed by atoms with Gasteiger partial charge in [0.15, 0.2) is 5.69 Å². The molecule has 7 heteroatoms. The maximum absolute atomic E-state index is 11.8. The van der Waals surface area contributed by atoms with Gasteiger partial charge in [-0.25, -0.2) is 0 Å². The Morgan fingerprint density at radius 1 is 1.58 bits per heavy atom. The Kier molecular flexibility index (Phi) is 5.44. The first-order chi connectivity index (χ1) is 8.81. The minimum Gasteiger partial charge on any atom is -0.391 e. The quantitative estimate of drug-likeness (QED) is 0.661. The second kappa shape index (κ2) is 6.63. The standard InChI is InChI=1S/C12H23N5O2/c1-12(2,3)6-9(18)7-14-11(19)10-8-17(5-4-13)16-15-10/h8-9,18H,4-7,13H2,1-3H3,(H,14,19). The van der Waals surface area contributed by atoms with Crippen LogP contribution in [0.5, 0.6) is 0 Å². The lowest BCUT2D eigenvalue weighted by Gasteiger charge is -2.22. The molecule has 4 N–H and O–H groups in total. The molecule has 7 nitrogen and oxygen atoms in total. The third kappa shape index (κ3) is 5.80. The molecule has 1 unspecified atom stereocenters. The normalized spacial score (nSPS) is 13.3. The van der Waals surface area contributed by atoms with Crippen molar-refractivity contribution in [3.8, 4) is 0 Å². The highest BCUT2D eigenvalue weighted by Gasteiger charge is 2.18. The van der Waals surface area contributed by atoms with E-state index in [0.29, 0.717) is 19.5 Å². The maximum Gasteiger partial charge on any atom is 0.273 e. The maximum atomic E-state index is 11.8. The van der Waals surface area contributed by atoms with Gasteiger partial charge < -0.3 is 16.2 Å². The molecule has 108 valence electrons. The molecule has 1 aromatic heterocycles. The molecule has 0 bridgehead atoms. The van der Waals surface area contributed by atoms with E-state index in [4.69, 9.17) is 5.73 Å². The van der Waals surface area contributed by atoms with Crippen molar-refractivity contribution in [3.63, 3.8) is 0 Å². The van der Waals surface area contributed by atoms with Gasteiger partial charge in [0.25, 0.3) is 5.91 Å². The number of rotatable bonds is 6. The van der Waals surface area contributed by atoms with Crippen molar-refractivity contribution in [2.24, 2.45) is 11.1 Å². The molecule has 1 heterocycles. The van der Waals surface area contributed by atoms with Crippen LogP contribution < -0.4 is 11.1 Å². The number of nitrogens with zero attached hydrogens (tertiary/aromatic N) is 3. The highest BCUT2D eigenvalue weighted by atomic mass is 16.3. The highest BCUT2D eigenvalue weighted by Crippen LogP contribution is 2.20. The summed E-state index contributed by atoms with van der Waals surface area (Å²) in [4.78, 5) is 11.8. The van der Waals surface area contributed by atoms with Gasteiger partial charge in [-0.15, -0.1) is 5.10 Å². The summed E-state index contributed by atoms with van der Waals surface area (Å²) in [6.07, 6.45) is 1.59. The van der Waals surface area contributed by atoms with Gasteiger partial charge in [0.1, 0.15) is 0 Å². The number of nitrogens with two attached hydrogens (primary N) is 1. The number of carbonyl (C=O) groups excluding carboxylic acids is 1. The van der Waals surface area contributed by atoms with Crippen molar-refractivity contribution >= 4 is 5.91 Å². The lowest BCUT2D eigenvalue weighted by atomic mass is 9.89. The Bertz CT molecular complexity index is 410. The molecule has 0 aromatic carbocycles. The second-order valence-corrected chi connectivity index (χ2v) is 5.78. The summed E-state index contributed by atoms with van der Waals surface area (Å²) >= 11 is 0. The predicted molar refractivity (Wildman–Crippen MR) is 71.5 cm³/mol. The first kappa shape index (κ1) is 15.6. The van der Waals surface area contributed by atoms with Crippen LogP contribution in [0.25, 0.3) is 0 Å². The Labute approximate surface area is 113 Å². The van der Waals surface area contributed by atoms with Gasteiger partial charge in [0.05, 0.1) is 18.8 Å². The number of hydrogen-bond donors (Lipinski definition) is 3. The van der Waals surface area contributed by atoms with Crippen molar-refractivity contribution < 1.29 is 9.90 Å². The molecular formula is C12H23N5O2. The van der Waals surface area contributed by atoms with Crippen LogP contribution in [-0.2, 0) is 6.54 Å². The van der Waals surface area contributed by atoms with E-state index in [-0.39, 0.29) is 23.6 Å². The van der Waals surface area contributed by atoms with E-state index in [1.165, 1.54) is 4.68 Å². The van der Waals surface area contributed by atoms with Crippen molar-refractivity contribution in [1.29, 1.82) is 0 Å². The molecule has 19 heavy (non-hydrogen) atoms. The predicted octanol–water partition coefficient (Wildman–Crippen LogP) is -0.236. The van der Waals surface area contributed by atoms with Crippen LogP contribution >= 0.6 is 0 Å². The van der Waals surface area contributed by atoms with Crippen LogP contribution in [0, 0.1) is 5.41 Å². The lowest BCUT2D eigenvalue weighted by Crippen LogP contribution is -2.34. The summed E-state index contributed by atoms with van der Waals surface area (Å²) in [5.41, 5.74) is 5.64. The molecule has 1 amide bonds. The zero-order valence-electron chi connectivity index (χ0n) is 11.8. The Balaban J connectivity index is 2.42. The van der Waals surface area contributed by atoms with Crippen molar-refractivity contribution in [2.75, 3.05) is 13.1 Å². The summed E-state index contributed by atoms with van der Waals surface area (Å²) in [5.74, 6) is -0.337. The molecular weight excluding hydrogens is 246 g/mol. The van der Waals surface area contributed by atoms with Gasteiger partial charge in [-0.1, -0.05) is 26.0 Å². The molecule has 0 saturated carbocycles. The lowest BCUT2D eigenvalue weighted by molar-refractivity contribution is 0.0864. The van der Waals surface area contributed by atoms with Crippen LogP contribution in [0.1, 0.15) is 37.7 Å². The van der Waals surface area contributed by atoms with Crippen molar-refractivity contribution in [3.05, 3.63) is 11.9 Å². The minimum absolute atomic E-state index is 0.0222. The number of aliphatic hydroxyl groups excluding tert-OH is 1. The Morgan fingerprint density at radius 3 is 2.84 bits per heavy atom. The van der Waals surface area contributed by atoms with Crippen LogP contribution in [-0.4, -0.2) is 45.2 Å². The zero-order chi connectivity index (χ0) is 14.5. The van der Waals surface area contributed by atoms with Crippen LogP contribution in [0.4, 0.5) is 0 Å². The summed E-state index contributed by atoms with van der Waals surface area (Å²) in [6, 6.07) is 0. The molecule has 0 aliphatic heterocycles. The molecule has 0 aliphatic carbocycles. The number of aromatic nitrogens is 3. The first-order valence-electron chi connectivity index (χ1n) is 6.38. The van der Waals surface area contributed by atoms with Crippen LogP contribution in [0.2, 0.25) is 0 Å². The van der Waals surface area contributed by atoms with Crippen LogP contribution in [0.15, 0.2) is 6.20 Å². The first-order valence-corrected chi connectivity index (χ1v) is 6.38. The molecule has 1 atom stereocenters. The monoisotopic (exact) mass is 269 g/mol. The van der Waals surface area contributed by atoms with Gasteiger partial charge >= 0.3 is 0 Å². The topological polar surface area (TPSA) is 106 Å². The van der Waals surface area contributed by atoms with Gasteiger partial charge in [-0.05, 0) is 11.8 Å². The molecule has 0 saturated heterocycles. The average molecular weight is 269 g/mol. The molecule has 0 radical (unpaired) electrons. The average Bonchev–Trinajstić information content (AvgIpc) is 2.73. The summed E-state index contributed by atoms with van der Waals surface area (Å²) < 4.78 is 1.51. The van der Waals surface area contributed by atoms with Gasteiger partial charge in [-0.2, -0.15) is 0 Å². The van der Waals surface area contributed by atoms with E-state index in [2.05, 4.69) is 15.6 Å². The third-order valence-electron chi connectivity index (χ3n) is 2.48. The van der Waals surface area contributed by atoms with Crippen molar-refractivity contribution in [1.82, 2.24) is 20.3 Å².